The molecule has 1 aliphatic rings. The van der Waals surface area contributed by atoms with Gasteiger partial charge >= 0.3 is 23.7 Å². The Bertz CT molecular complexity index is 3100. The molecule has 0 aliphatic carbocycles. The molecule has 2 N–H and O–H groups in total. The van der Waals surface area contributed by atoms with Crippen LogP contribution in [0.4, 0.5) is 0 Å². The molecule has 12 heteroatoms. The van der Waals surface area contributed by atoms with Gasteiger partial charge < -0.3 is 9.05 Å². The first-order chi connectivity index (χ1) is 45.6. The minimum absolute atomic E-state index is 0.0604. The Morgan fingerprint density at radius 3 is 0.688 bits per heavy atom. The second-order valence-corrected chi connectivity index (χ2v) is 38.2. The van der Waals surface area contributed by atoms with Crippen molar-refractivity contribution in [3.05, 3.63) is 179 Å². The fraction of sp³-hybridized carbons (Fsp3) is 0.571. The molecule has 7 rings (SSSR count). The summed E-state index contributed by atoms with van der Waals surface area (Å²) in [5, 5.41) is 0. The zero-order valence-corrected chi connectivity index (χ0v) is 65.7. The van der Waals surface area contributed by atoms with Gasteiger partial charge in [0, 0.05) is 4.86 Å². The van der Waals surface area contributed by atoms with Crippen molar-refractivity contribution >= 4 is 23.7 Å². The SMILES string of the molecule is CCCCCC(C)(C)c1ccc(OP2(Oc3ccc(C(C)(C)CCCCC)cc3)=N[P+](Oc3ccc(C(C)(C)CCCCC)cc3)(Oc3ccc(C(C)(C)CCCCC)cc3)N[P+](Oc3ccc(C(C)(C)CCCCC)cc3)(Oc3ccc(C(C)(C)CCCCC)cc3)N2)cc1. The van der Waals surface area contributed by atoms with Gasteiger partial charge in [-0.05, 0) is 177 Å². The Labute approximate surface area is 586 Å². The van der Waals surface area contributed by atoms with Crippen molar-refractivity contribution < 1.29 is 27.1 Å². The zero-order chi connectivity index (χ0) is 69.7. The van der Waals surface area contributed by atoms with Crippen LogP contribution in [0.5, 0.6) is 34.5 Å². The Kier molecular flexibility index (Phi) is 29.0. The normalized spacial score (nSPS) is 15.0. The molecule has 1 heterocycles. The van der Waals surface area contributed by atoms with Gasteiger partial charge in [-0.1, -0.05) is 313 Å². The van der Waals surface area contributed by atoms with E-state index in [1.165, 1.54) is 110 Å². The van der Waals surface area contributed by atoms with E-state index in [0.29, 0.717) is 34.5 Å². The first-order valence-electron chi connectivity index (χ1n) is 37.4. The predicted octanol–water partition coefficient (Wildman–Crippen LogP) is 28.1. The third-order valence-electron chi connectivity index (χ3n) is 20.4. The highest BCUT2D eigenvalue weighted by Gasteiger charge is 2.75. The van der Waals surface area contributed by atoms with Gasteiger partial charge in [0.1, 0.15) is 16.4 Å². The second-order valence-electron chi connectivity index (χ2n) is 31.6. The van der Waals surface area contributed by atoms with Crippen molar-refractivity contribution in [1.29, 1.82) is 0 Å². The van der Waals surface area contributed by atoms with E-state index in [2.05, 4.69) is 280 Å². The quantitative estimate of drug-likeness (QED) is 0.0289. The summed E-state index contributed by atoms with van der Waals surface area (Å²) in [5.74, 6) is 3.41. The smallest absolute Gasteiger partial charge is 0.415 e. The molecule has 6 aromatic rings. The first kappa shape index (κ1) is 78.5. The molecule has 0 fully saturated rings. The lowest BCUT2D eigenvalue weighted by Gasteiger charge is -2.34. The molecule has 0 aromatic heterocycles. The van der Waals surface area contributed by atoms with E-state index in [-0.39, 0.29) is 32.5 Å². The van der Waals surface area contributed by atoms with E-state index in [1.807, 2.05) is 0 Å². The lowest BCUT2D eigenvalue weighted by atomic mass is 9.80. The highest BCUT2D eigenvalue weighted by molar-refractivity contribution is 7.89. The minimum atomic E-state index is -4.08. The Morgan fingerprint density at radius 1 is 0.281 bits per heavy atom. The molecule has 0 saturated carbocycles. The summed E-state index contributed by atoms with van der Waals surface area (Å²) >= 11 is 0. The number of nitrogens with one attached hydrogen (secondary N) is 2. The highest BCUT2D eigenvalue weighted by atomic mass is 31.3. The number of nitrogens with zero attached hydrogens (tertiary/aromatic N) is 1. The molecule has 6 aromatic carbocycles. The molecule has 528 valence electrons. The second kappa shape index (κ2) is 35.4. The van der Waals surface area contributed by atoms with Gasteiger partial charge in [-0.15, -0.1) is 0 Å². The number of hydrogen-bond acceptors (Lipinski definition) is 9. The minimum Gasteiger partial charge on any atom is -0.415 e. The molecule has 0 amide bonds. The van der Waals surface area contributed by atoms with Gasteiger partial charge in [-0.25, -0.2) is 0 Å². The van der Waals surface area contributed by atoms with E-state index < -0.39 is 23.7 Å². The third kappa shape index (κ3) is 22.6. The number of benzene rings is 6. The number of rotatable bonds is 42. The highest BCUT2D eigenvalue weighted by Crippen LogP contribution is 2.80. The van der Waals surface area contributed by atoms with Crippen LogP contribution in [-0.4, -0.2) is 0 Å². The molecule has 0 radical (unpaired) electrons. The average molecular weight is 1370 g/mol. The van der Waals surface area contributed by atoms with Crippen LogP contribution < -0.4 is 36.9 Å². The molecular formula is C84H128N3O6P3+2. The molecule has 96 heavy (non-hydrogen) atoms. The summed E-state index contributed by atoms with van der Waals surface area (Å²) < 4.78 is 52.1. The van der Waals surface area contributed by atoms with Crippen molar-refractivity contribution in [1.82, 2.24) is 9.72 Å². The molecule has 9 nitrogen and oxygen atoms in total. The van der Waals surface area contributed by atoms with E-state index in [1.54, 1.807) is 0 Å². The van der Waals surface area contributed by atoms with Crippen LogP contribution in [0.1, 0.15) is 312 Å². The molecule has 0 bridgehead atoms. The largest absolute Gasteiger partial charge is 0.617 e. The van der Waals surface area contributed by atoms with Crippen molar-refractivity contribution in [2.24, 2.45) is 4.52 Å². The van der Waals surface area contributed by atoms with Crippen LogP contribution in [0.2, 0.25) is 0 Å². The summed E-state index contributed by atoms with van der Waals surface area (Å²) in [6.45, 7) is 41.7. The van der Waals surface area contributed by atoms with E-state index in [4.69, 9.17) is 31.7 Å². The van der Waals surface area contributed by atoms with Crippen LogP contribution in [0, 0.1) is 0 Å². The van der Waals surface area contributed by atoms with Crippen molar-refractivity contribution in [3.8, 4) is 34.5 Å². The Hall–Kier alpha value is -4.87. The maximum Gasteiger partial charge on any atom is 0.617 e. The topological polar surface area (TPSA) is 91.8 Å². The fourth-order valence-electron chi connectivity index (χ4n) is 13.3. The monoisotopic (exact) mass is 1370 g/mol. The lowest BCUT2D eigenvalue weighted by molar-refractivity contribution is 0.402. The van der Waals surface area contributed by atoms with Crippen LogP contribution in [0.3, 0.4) is 0 Å². The summed E-state index contributed by atoms with van der Waals surface area (Å²) in [6.07, 6.45) is 27.6. The Morgan fingerprint density at radius 2 is 0.479 bits per heavy atom. The molecule has 1 aliphatic heterocycles. The lowest BCUT2D eigenvalue weighted by Crippen LogP contribution is -2.41. The van der Waals surface area contributed by atoms with Gasteiger partial charge in [0.05, 0.1) is 4.52 Å². The van der Waals surface area contributed by atoms with Gasteiger partial charge in [-0.3, -0.25) is 18.1 Å². The van der Waals surface area contributed by atoms with Crippen molar-refractivity contribution in [3.63, 3.8) is 0 Å². The first-order valence-corrected chi connectivity index (χ1v) is 42.2. The summed E-state index contributed by atoms with van der Waals surface area (Å²) in [5.41, 5.74) is 7.03. The average Bonchev–Trinajstić information content (AvgIpc) is 0.729. The van der Waals surface area contributed by atoms with Crippen LogP contribution in [0.15, 0.2) is 150 Å². The number of unbranched alkanes of at least 4 members (excludes halogenated alkanes) is 12. The van der Waals surface area contributed by atoms with Gasteiger partial charge in [-0.2, -0.15) is 0 Å². The Balaban J connectivity index is 1.54. The van der Waals surface area contributed by atoms with Gasteiger partial charge in [0.15, 0.2) is 23.0 Å². The van der Waals surface area contributed by atoms with Gasteiger partial charge in [0.2, 0.25) is 0 Å². The summed E-state index contributed by atoms with van der Waals surface area (Å²) in [7, 11) is -12.1. The molecular weight excluding hydrogens is 1240 g/mol. The zero-order valence-electron chi connectivity index (χ0n) is 63.1. The predicted molar refractivity (Wildman–Crippen MR) is 415 cm³/mol. The standard InChI is InChI=1S/C84H128N3O6P3/c1-19-25-31-61-79(7,8)67-37-49-73(50-38-67)88-94(89-74-51-39-68(40-52-74)80(9,10)62-32-26-20-2)85-95(90-75-53-41-69(42-54-75)81(11,12)63-33-27-21-3,91-76-55-43-70(44-56-76)82(13,14)64-34-28-22-4)87-96(86-94,92-77-57-45-71(46-58-77)83(15,16)65-35-29-23-5)93-78-59-47-72(48-60-78)84(17,18)66-36-30-24-6/h37-60,85-86H,19-36,61-66H2,1-18H3/q+2. The van der Waals surface area contributed by atoms with E-state index in [9.17, 15) is 0 Å². The van der Waals surface area contributed by atoms with Crippen molar-refractivity contribution in [2.75, 3.05) is 0 Å². The van der Waals surface area contributed by atoms with Crippen molar-refractivity contribution in [2.45, 2.75) is 311 Å². The van der Waals surface area contributed by atoms with E-state index >= 15 is 0 Å². The third-order valence-corrected chi connectivity index (χ3v) is 29.2. The molecule has 0 spiro atoms. The summed E-state index contributed by atoms with van der Waals surface area (Å²) in [4.78, 5) is 7.90. The van der Waals surface area contributed by atoms with Crippen LogP contribution in [0.25, 0.3) is 0 Å². The maximum atomic E-state index is 7.72. The van der Waals surface area contributed by atoms with Gasteiger partial charge in [0.25, 0.3) is 0 Å². The van der Waals surface area contributed by atoms with Crippen LogP contribution in [-0.2, 0) is 32.5 Å². The maximum absolute atomic E-state index is 7.72. The van der Waals surface area contributed by atoms with Crippen LogP contribution >= 0.6 is 23.7 Å². The van der Waals surface area contributed by atoms with E-state index in [0.717, 1.165) is 77.0 Å². The number of hydrogen-bond donors (Lipinski definition) is 2. The fourth-order valence-corrected chi connectivity index (χ4v) is 23.3. The molecule has 0 atom stereocenters. The summed E-state index contributed by atoms with van der Waals surface area (Å²) in [6, 6.07) is 51.3. The molecule has 0 saturated heterocycles. The molecule has 0 unspecified atom stereocenters.